The first-order chi connectivity index (χ1) is 9.29. The lowest BCUT2D eigenvalue weighted by Gasteiger charge is -2.25. The Hall–Kier alpha value is -1.85. The molecule has 0 spiro atoms. The van der Waals surface area contributed by atoms with E-state index >= 15 is 0 Å². The molecule has 1 aromatic rings. The third-order valence-corrected chi connectivity index (χ3v) is 3.27. The van der Waals surface area contributed by atoms with E-state index < -0.39 is 41.9 Å². The maximum Gasteiger partial charge on any atom is 0.326 e. The molecule has 0 aliphatic heterocycles. The summed E-state index contributed by atoms with van der Waals surface area (Å²) in [6.45, 7) is 3.01. The van der Waals surface area contributed by atoms with Gasteiger partial charge in [0.1, 0.15) is 5.82 Å². The summed E-state index contributed by atoms with van der Waals surface area (Å²) in [6, 6.07) is 3.20. The Balaban J connectivity index is 2.48. The zero-order valence-corrected chi connectivity index (χ0v) is 11.0. The number of carbonyl (C=O) groups excluding carboxylic acids is 2. The Kier molecular flexibility index (Phi) is 3.58. The molecule has 1 unspecified atom stereocenters. The fraction of sp³-hybridized carbons (Fsp3) is 0.429. The van der Waals surface area contributed by atoms with Gasteiger partial charge in [0.05, 0.1) is 6.10 Å². The monoisotopic (exact) mass is 286 g/mol. The lowest BCUT2D eigenvalue weighted by molar-refractivity contribution is -0.164. The van der Waals surface area contributed by atoms with E-state index in [1.165, 1.54) is 19.9 Å². The molecule has 1 aromatic carbocycles. The van der Waals surface area contributed by atoms with Crippen LogP contribution in [0, 0.1) is 11.2 Å². The third kappa shape index (κ3) is 2.09. The molecule has 0 radical (unpaired) electrons. The Bertz CT molecular complexity index is 569. The standard InChI is InChI=1S/C14H13F3O3/c1-7(2)20-13(19)14(12(16)17)6-8-3-4-9(15)5-10(8)11(14)18/h3-5,7,12H,6H2,1-2H3. The maximum absolute atomic E-state index is 13.4. The quantitative estimate of drug-likeness (QED) is 0.634. The van der Waals surface area contributed by atoms with E-state index in [1.54, 1.807) is 0 Å². The minimum absolute atomic E-state index is 0.175. The van der Waals surface area contributed by atoms with Crippen LogP contribution in [0.15, 0.2) is 18.2 Å². The molecule has 1 atom stereocenters. The fourth-order valence-electron chi connectivity index (χ4n) is 2.28. The summed E-state index contributed by atoms with van der Waals surface area (Å²) in [4.78, 5) is 24.2. The van der Waals surface area contributed by atoms with Gasteiger partial charge in [-0.3, -0.25) is 9.59 Å². The molecule has 108 valence electrons. The lowest BCUT2D eigenvalue weighted by Crippen LogP contribution is -2.45. The summed E-state index contributed by atoms with van der Waals surface area (Å²) in [5.74, 6) is -3.05. The van der Waals surface area contributed by atoms with Gasteiger partial charge in [-0.15, -0.1) is 0 Å². The van der Waals surface area contributed by atoms with Gasteiger partial charge in [-0.05, 0) is 31.5 Å². The second kappa shape index (κ2) is 4.92. The Morgan fingerprint density at radius 2 is 2.00 bits per heavy atom. The first kappa shape index (κ1) is 14.6. The van der Waals surface area contributed by atoms with Crippen molar-refractivity contribution in [2.75, 3.05) is 0 Å². The third-order valence-electron chi connectivity index (χ3n) is 3.27. The van der Waals surface area contributed by atoms with Crippen LogP contribution in [0.1, 0.15) is 29.8 Å². The van der Waals surface area contributed by atoms with Crippen molar-refractivity contribution < 1.29 is 27.5 Å². The SMILES string of the molecule is CC(C)OC(=O)C1(C(F)F)Cc2ccc(F)cc2C1=O. The normalized spacial score (nSPS) is 21.4. The van der Waals surface area contributed by atoms with Crippen LogP contribution >= 0.6 is 0 Å². The van der Waals surface area contributed by atoms with Crippen molar-refractivity contribution in [3.8, 4) is 0 Å². The molecule has 0 N–H and O–H groups in total. The van der Waals surface area contributed by atoms with E-state index in [2.05, 4.69) is 0 Å². The Morgan fingerprint density at radius 1 is 1.35 bits per heavy atom. The number of Topliss-reactive ketones (excluding diaryl/α,β-unsaturated/α-hetero) is 1. The van der Waals surface area contributed by atoms with Crippen molar-refractivity contribution in [1.82, 2.24) is 0 Å². The highest BCUT2D eigenvalue weighted by molar-refractivity contribution is 6.16. The predicted octanol–water partition coefficient (Wildman–Crippen LogP) is 2.77. The van der Waals surface area contributed by atoms with Gasteiger partial charge in [0.2, 0.25) is 0 Å². The van der Waals surface area contributed by atoms with Crippen LogP contribution in [0.4, 0.5) is 13.2 Å². The van der Waals surface area contributed by atoms with Gasteiger partial charge in [-0.25, -0.2) is 13.2 Å². The van der Waals surface area contributed by atoms with Gasteiger partial charge in [-0.1, -0.05) is 6.07 Å². The van der Waals surface area contributed by atoms with Gasteiger partial charge in [0, 0.05) is 12.0 Å². The summed E-state index contributed by atoms with van der Waals surface area (Å²) in [5.41, 5.74) is -2.50. The molecule has 2 rings (SSSR count). The Labute approximate surface area is 113 Å². The number of halogens is 3. The van der Waals surface area contributed by atoms with Gasteiger partial charge < -0.3 is 4.74 Å². The second-order valence-electron chi connectivity index (χ2n) is 5.03. The van der Waals surface area contributed by atoms with Crippen LogP contribution in [0.3, 0.4) is 0 Å². The van der Waals surface area contributed by atoms with Gasteiger partial charge in [0.25, 0.3) is 6.43 Å². The van der Waals surface area contributed by atoms with Crippen LogP contribution in [0.5, 0.6) is 0 Å². The summed E-state index contributed by atoms with van der Waals surface area (Å²) in [5, 5.41) is 0. The van der Waals surface area contributed by atoms with Crippen LogP contribution in [0.25, 0.3) is 0 Å². The highest BCUT2D eigenvalue weighted by atomic mass is 19.3. The fourth-order valence-corrected chi connectivity index (χ4v) is 2.28. The minimum atomic E-state index is -3.21. The van der Waals surface area contributed by atoms with E-state index in [0.717, 1.165) is 12.1 Å². The number of ketones is 1. The molecular weight excluding hydrogens is 273 g/mol. The van der Waals surface area contributed by atoms with Crippen molar-refractivity contribution in [3.63, 3.8) is 0 Å². The maximum atomic E-state index is 13.4. The molecule has 0 heterocycles. The molecule has 0 bridgehead atoms. The molecule has 1 aliphatic rings. The van der Waals surface area contributed by atoms with E-state index in [9.17, 15) is 22.8 Å². The number of esters is 1. The van der Waals surface area contributed by atoms with Gasteiger partial charge in [0.15, 0.2) is 11.2 Å². The topological polar surface area (TPSA) is 43.4 Å². The predicted molar refractivity (Wildman–Crippen MR) is 64.1 cm³/mol. The molecule has 0 aromatic heterocycles. The zero-order valence-electron chi connectivity index (χ0n) is 11.0. The van der Waals surface area contributed by atoms with E-state index in [1.807, 2.05) is 0 Å². The van der Waals surface area contributed by atoms with Gasteiger partial charge in [-0.2, -0.15) is 0 Å². The Morgan fingerprint density at radius 3 is 2.55 bits per heavy atom. The number of carbonyl (C=O) groups is 2. The minimum Gasteiger partial charge on any atom is -0.462 e. The summed E-state index contributed by atoms with van der Waals surface area (Å²) < 4.78 is 44.7. The highest BCUT2D eigenvalue weighted by Crippen LogP contribution is 2.43. The number of benzene rings is 1. The first-order valence-electron chi connectivity index (χ1n) is 6.11. The molecule has 6 heteroatoms. The van der Waals surface area contributed by atoms with Crippen LogP contribution in [-0.4, -0.2) is 24.3 Å². The van der Waals surface area contributed by atoms with Crippen molar-refractivity contribution in [3.05, 3.63) is 35.1 Å². The summed E-state index contributed by atoms with van der Waals surface area (Å²) >= 11 is 0. The summed E-state index contributed by atoms with van der Waals surface area (Å²) in [6.07, 6.45) is -4.30. The molecule has 0 saturated carbocycles. The number of hydrogen-bond donors (Lipinski definition) is 0. The number of rotatable bonds is 3. The van der Waals surface area contributed by atoms with E-state index in [0.29, 0.717) is 0 Å². The zero-order chi connectivity index (χ0) is 15.1. The molecule has 1 aliphatic carbocycles. The second-order valence-corrected chi connectivity index (χ2v) is 5.03. The van der Waals surface area contributed by atoms with Crippen molar-refractivity contribution in [2.45, 2.75) is 32.8 Å². The lowest BCUT2D eigenvalue weighted by atomic mass is 9.84. The van der Waals surface area contributed by atoms with Gasteiger partial charge >= 0.3 is 5.97 Å². The molecule has 0 fully saturated rings. The largest absolute Gasteiger partial charge is 0.462 e. The average Bonchev–Trinajstić information content (AvgIpc) is 2.63. The van der Waals surface area contributed by atoms with E-state index in [4.69, 9.17) is 4.74 Å². The number of hydrogen-bond acceptors (Lipinski definition) is 3. The average molecular weight is 286 g/mol. The van der Waals surface area contributed by atoms with E-state index in [-0.39, 0.29) is 11.1 Å². The van der Waals surface area contributed by atoms with Crippen molar-refractivity contribution in [1.29, 1.82) is 0 Å². The molecule has 0 saturated heterocycles. The molecular formula is C14H13F3O3. The molecule has 0 amide bonds. The number of alkyl halides is 2. The van der Waals surface area contributed by atoms with Crippen molar-refractivity contribution in [2.24, 2.45) is 5.41 Å². The van der Waals surface area contributed by atoms with Crippen molar-refractivity contribution >= 4 is 11.8 Å². The smallest absolute Gasteiger partial charge is 0.326 e. The highest BCUT2D eigenvalue weighted by Gasteiger charge is 2.59. The van der Waals surface area contributed by atoms with Crippen LogP contribution < -0.4 is 0 Å². The molecule has 3 nitrogen and oxygen atoms in total. The molecule has 20 heavy (non-hydrogen) atoms. The first-order valence-corrected chi connectivity index (χ1v) is 6.11. The number of ether oxygens (including phenoxy) is 1. The van der Waals surface area contributed by atoms with Crippen LogP contribution in [-0.2, 0) is 16.0 Å². The van der Waals surface area contributed by atoms with Crippen LogP contribution in [0.2, 0.25) is 0 Å². The summed E-state index contributed by atoms with van der Waals surface area (Å²) in [7, 11) is 0. The number of fused-ring (bicyclic) bond motifs is 1.